The van der Waals surface area contributed by atoms with E-state index in [1.807, 2.05) is 0 Å². The van der Waals surface area contributed by atoms with Gasteiger partial charge in [0.05, 0.1) is 4.92 Å². The molecule has 1 aliphatic heterocycles. The van der Waals surface area contributed by atoms with Gasteiger partial charge in [0.2, 0.25) is 10.0 Å². The van der Waals surface area contributed by atoms with Crippen LogP contribution in [0.5, 0.6) is 0 Å². The summed E-state index contributed by atoms with van der Waals surface area (Å²) in [6, 6.07) is 6.12. The summed E-state index contributed by atoms with van der Waals surface area (Å²) in [5, 5.41) is 11.2. The molecule has 0 aromatic heterocycles. The van der Waals surface area contributed by atoms with Crippen molar-refractivity contribution in [1.82, 2.24) is 9.21 Å². The van der Waals surface area contributed by atoms with E-state index in [0.717, 1.165) is 5.92 Å². The molecule has 0 amide bonds. The van der Waals surface area contributed by atoms with Crippen molar-refractivity contribution in [3.63, 3.8) is 0 Å². The Labute approximate surface area is 148 Å². The number of rotatable bonds is 4. The lowest BCUT2D eigenvalue weighted by atomic mass is 9.86. The van der Waals surface area contributed by atoms with E-state index in [9.17, 15) is 18.5 Å². The third kappa shape index (κ3) is 3.86. The molecule has 0 radical (unpaired) electrons. The highest BCUT2D eigenvalue weighted by Gasteiger charge is 2.35. The van der Waals surface area contributed by atoms with Crippen molar-refractivity contribution in [2.45, 2.75) is 43.5 Å². The highest BCUT2D eigenvalue weighted by atomic mass is 32.2. The van der Waals surface area contributed by atoms with E-state index in [0.29, 0.717) is 32.2 Å². The van der Waals surface area contributed by atoms with E-state index in [2.05, 4.69) is 11.8 Å². The average molecular weight is 367 g/mol. The van der Waals surface area contributed by atoms with E-state index in [1.165, 1.54) is 54.3 Å². The molecule has 0 spiro atoms. The summed E-state index contributed by atoms with van der Waals surface area (Å²) >= 11 is 0. The highest BCUT2D eigenvalue weighted by Crippen LogP contribution is 2.30. The lowest BCUT2D eigenvalue weighted by Crippen LogP contribution is -2.52. The van der Waals surface area contributed by atoms with Crippen LogP contribution >= 0.6 is 0 Å². The van der Waals surface area contributed by atoms with Crippen molar-refractivity contribution in [1.29, 1.82) is 0 Å². The van der Waals surface area contributed by atoms with Crippen LogP contribution in [0.2, 0.25) is 0 Å². The highest BCUT2D eigenvalue weighted by molar-refractivity contribution is 7.89. The molecule has 1 heterocycles. The van der Waals surface area contributed by atoms with Gasteiger partial charge >= 0.3 is 0 Å². The second kappa shape index (κ2) is 7.39. The molecule has 138 valence electrons. The van der Waals surface area contributed by atoms with E-state index in [4.69, 9.17) is 0 Å². The molecule has 2 aliphatic rings. The van der Waals surface area contributed by atoms with Gasteiger partial charge in [-0.1, -0.05) is 31.9 Å². The van der Waals surface area contributed by atoms with Crippen LogP contribution in [0.3, 0.4) is 0 Å². The fourth-order valence-electron chi connectivity index (χ4n) is 4.01. The molecule has 2 atom stereocenters. The monoisotopic (exact) mass is 367 g/mol. The molecule has 1 saturated carbocycles. The first-order valence-corrected chi connectivity index (χ1v) is 10.3. The van der Waals surface area contributed by atoms with E-state index in [1.54, 1.807) is 0 Å². The summed E-state index contributed by atoms with van der Waals surface area (Å²) in [4.78, 5) is 12.7. The molecule has 1 aromatic carbocycles. The summed E-state index contributed by atoms with van der Waals surface area (Å²) in [7, 11) is -3.84. The number of sulfonamides is 1. The van der Waals surface area contributed by atoms with Crippen LogP contribution < -0.4 is 0 Å². The molecule has 0 bridgehead atoms. The van der Waals surface area contributed by atoms with Crippen LogP contribution in [0.1, 0.15) is 32.6 Å². The lowest BCUT2D eigenvalue weighted by Gasteiger charge is -2.41. The maximum Gasteiger partial charge on any atom is 0.289 e. The molecule has 2 unspecified atom stereocenters. The van der Waals surface area contributed by atoms with Gasteiger partial charge in [-0.25, -0.2) is 8.42 Å². The van der Waals surface area contributed by atoms with Gasteiger partial charge in [0.15, 0.2) is 4.90 Å². The van der Waals surface area contributed by atoms with E-state index in [-0.39, 0.29) is 10.6 Å². The van der Waals surface area contributed by atoms with Gasteiger partial charge in [-0.15, -0.1) is 0 Å². The van der Waals surface area contributed by atoms with Gasteiger partial charge in [0, 0.05) is 38.3 Å². The third-order valence-electron chi connectivity index (χ3n) is 5.38. The average Bonchev–Trinajstić information content (AvgIpc) is 2.62. The molecular formula is C17H25N3O4S. The Balaban J connectivity index is 1.71. The molecule has 7 nitrogen and oxygen atoms in total. The fraction of sp³-hybridized carbons (Fsp3) is 0.647. The summed E-state index contributed by atoms with van der Waals surface area (Å²) < 4.78 is 27.1. The first-order valence-electron chi connectivity index (χ1n) is 8.87. The zero-order chi connectivity index (χ0) is 18.0. The maximum atomic E-state index is 12.9. The van der Waals surface area contributed by atoms with Crippen LogP contribution in [0.25, 0.3) is 0 Å². The molecule has 8 heteroatoms. The predicted molar refractivity (Wildman–Crippen MR) is 94.8 cm³/mol. The number of para-hydroxylation sites is 1. The van der Waals surface area contributed by atoms with Crippen LogP contribution in [0.15, 0.2) is 29.2 Å². The summed E-state index contributed by atoms with van der Waals surface area (Å²) in [6.45, 7) is 4.44. The van der Waals surface area contributed by atoms with Crippen LogP contribution in [0, 0.1) is 16.0 Å². The van der Waals surface area contributed by atoms with Crippen molar-refractivity contribution in [2.75, 3.05) is 26.2 Å². The Bertz CT molecular complexity index is 729. The number of hydrogen-bond donors (Lipinski definition) is 0. The number of nitro groups is 1. The van der Waals surface area contributed by atoms with Crippen LogP contribution in [0.4, 0.5) is 5.69 Å². The number of nitro benzene ring substituents is 1. The van der Waals surface area contributed by atoms with Gasteiger partial charge in [-0.05, 0) is 24.8 Å². The molecule has 0 N–H and O–H groups in total. The van der Waals surface area contributed by atoms with Crippen molar-refractivity contribution >= 4 is 15.7 Å². The minimum Gasteiger partial charge on any atom is -0.298 e. The number of nitrogens with zero attached hydrogens (tertiary/aromatic N) is 3. The quantitative estimate of drug-likeness (QED) is 0.603. The second-order valence-electron chi connectivity index (χ2n) is 7.09. The zero-order valence-electron chi connectivity index (χ0n) is 14.5. The standard InChI is InChI=1S/C17H25N3O4S/c1-14-5-4-6-15(13-14)18-9-11-19(12-10-18)25(23,24)17-8-3-2-7-16(17)20(21)22/h2-3,7-8,14-15H,4-6,9-13H2,1H3. The molecule has 1 aliphatic carbocycles. The first kappa shape index (κ1) is 18.3. The Kier molecular flexibility index (Phi) is 5.41. The fourth-order valence-corrected chi connectivity index (χ4v) is 5.59. The molecule has 1 saturated heterocycles. The van der Waals surface area contributed by atoms with Gasteiger partial charge in [0.1, 0.15) is 0 Å². The largest absolute Gasteiger partial charge is 0.298 e. The molecule has 3 rings (SSSR count). The molecule has 25 heavy (non-hydrogen) atoms. The topological polar surface area (TPSA) is 83.8 Å². The van der Waals surface area contributed by atoms with Crippen molar-refractivity contribution in [2.24, 2.45) is 5.92 Å². The third-order valence-corrected chi connectivity index (χ3v) is 7.32. The predicted octanol–water partition coefficient (Wildman–Crippen LogP) is 2.48. The van der Waals surface area contributed by atoms with Gasteiger partial charge in [0.25, 0.3) is 5.69 Å². The second-order valence-corrected chi connectivity index (χ2v) is 9.00. The SMILES string of the molecule is CC1CCCC(N2CCN(S(=O)(=O)c3ccccc3[N+](=O)[O-])CC2)C1. The van der Waals surface area contributed by atoms with Gasteiger partial charge in [-0.3, -0.25) is 15.0 Å². The van der Waals surface area contributed by atoms with Gasteiger partial charge < -0.3 is 0 Å². The van der Waals surface area contributed by atoms with Crippen molar-refractivity contribution in [3.8, 4) is 0 Å². The normalized spacial score (nSPS) is 26.4. The Hall–Kier alpha value is -1.51. The maximum absolute atomic E-state index is 12.9. The lowest BCUT2D eigenvalue weighted by molar-refractivity contribution is -0.387. The number of piperazine rings is 1. The molecule has 2 fully saturated rings. The summed E-state index contributed by atoms with van der Waals surface area (Å²) in [6.07, 6.45) is 4.88. The van der Waals surface area contributed by atoms with Gasteiger partial charge in [-0.2, -0.15) is 4.31 Å². The molecular weight excluding hydrogens is 342 g/mol. The minimum absolute atomic E-state index is 0.209. The smallest absolute Gasteiger partial charge is 0.289 e. The van der Waals surface area contributed by atoms with Crippen LogP contribution in [-0.4, -0.2) is 54.8 Å². The summed E-state index contributed by atoms with van der Waals surface area (Å²) in [5.74, 6) is 0.729. The Morgan fingerprint density at radius 2 is 1.80 bits per heavy atom. The first-order chi connectivity index (χ1) is 11.9. The van der Waals surface area contributed by atoms with Crippen LogP contribution in [-0.2, 0) is 10.0 Å². The Morgan fingerprint density at radius 3 is 2.44 bits per heavy atom. The summed E-state index contributed by atoms with van der Waals surface area (Å²) in [5.41, 5.74) is -0.356. The number of hydrogen-bond acceptors (Lipinski definition) is 5. The Morgan fingerprint density at radius 1 is 1.12 bits per heavy atom. The molecule has 1 aromatic rings. The van der Waals surface area contributed by atoms with Crippen molar-refractivity contribution < 1.29 is 13.3 Å². The minimum atomic E-state index is -3.84. The zero-order valence-corrected chi connectivity index (χ0v) is 15.3. The van der Waals surface area contributed by atoms with E-state index < -0.39 is 14.9 Å². The van der Waals surface area contributed by atoms with Crippen molar-refractivity contribution in [3.05, 3.63) is 34.4 Å². The van der Waals surface area contributed by atoms with E-state index >= 15 is 0 Å². The number of benzene rings is 1.